The van der Waals surface area contributed by atoms with Gasteiger partial charge in [0.2, 0.25) is 5.91 Å². The van der Waals surface area contributed by atoms with Crippen molar-refractivity contribution < 1.29 is 24.5 Å². The highest BCUT2D eigenvalue weighted by Gasteiger charge is 2.17. The predicted octanol–water partition coefficient (Wildman–Crippen LogP) is 18.8. The van der Waals surface area contributed by atoms with Crippen LogP contribution in [0.25, 0.3) is 0 Å². The Kier molecular flexibility index (Phi) is 56.0. The van der Waals surface area contributed by atoms with Gasteiger partial charge in [-0.2, -0.15) is 0 Å². The van der Waals surface area contributed by atoms with Crippen LogP contribution < -0.4 is 5.32 Å². The van der Waals surface area contributed by atoms with Gasteiger partial charge in [-0.1, -0.05) is 294 Å². The second-order valence-corrected chi connectivity index (χ2v) is 20.7. The lowest BCUT2D eigenvalue weighted by molar-refractivity contribution is -0.143. The first kappa shape index (κ1) is 66.1. The number of rotatable bonds is 56. The Morgan fingerprint density at radius 3 is 1.15 bits per heavy atom. The zero-order valence-corrected chi connectivity index (χ0v) is 45.6. The molecule has 0 saturated carbocycles. The average Bonchev–Trinajstić information content (AvgIpc) is 3.34. The minimum atomic E-state index is -0.880. The maximum absolute atomic E-state index is 12.4. The van der Waals surface area contributed by atoms with Crippen molar-refractivity contribution in [3.8, 4) is 0 Å². The first-order valence-electron chi connectivity index (χ1n) is 30.3. The van der Waals surface area contributed by atoms with Gasteiger partial charge in [-0.05, 0) is 51.4 Å². The number of aliphatic hydroxyl groups excluding tert-OH is 2. The van der Waals surface area contributed by atoms with Gasteiger partial charge in [0, 0.05) is 12.8 Å². The highest BCUT2D eigenvalue weighted by molar-refractivity contribution is 5.76. The number of carbonyl (C=O) groups is 2. The first-order chi connectivity index (χ1) is 33.5. The highest BCUT2D eigenvalue weighted by Crippen LogP contribution is 2.17. The van der Waals surface area contributed by atoms with Crippen LogP contribution in [0.15, 0.2) is 36.5 Å². The maximum atomic E-state index is 12.4. The number of hydrogen-bond acceptors (Lipinski definition) is 5. The molecule has 0 aliphatic rings. The summed E-state index contributed by atoms with van der Waals surface area (Å²) in [6.45, 7) is 4.86. The molecule has 0 aromatic carbocycles. The van der Waals surface area contributed by atoms with Crippen LogP contribution in [0.2, 0.25) is 0 Å². The molecule has 0 aromatic heterocycles. The Balaban J connectivity index is 3.55. The Morgan fingerprint density at radius 1 is 0.412 bits per heavy atom. The van der Waals surface area contributed by atoms with Crippen molar-refractivity contribution in [1.82, 2.24) is 5.32 Å². The number of esters is 1. The Morgan fingerprint density at radius 2 is 0.750 bits per heavy atom. The number of nitrogens with one attached hydrogen (secondary N) is 1. The molecule has 0 fully saturated rings. The summed E-state index contributed by atoms with van der Waals surface area (Å²) in [6.07, 6.45) is 71.9. The Hall–Kier alpha value is -1.92. The van der Waals surface area contributed by atoms with E-state index in [2.05, 4.69) is 37.4 Å². The maximum Gasteiger partial charge on any atom is 0.305 e. The molecule has 6 nitrogen and oxygen atoms in total. The average molecular weight is 957 g/mol. The molecule has 1 amide bonds. The second kappa shape index (κ2) is 57.7. The van der Waals surface area contributed by atoms with E-state index in [0.717, 1.165) is 51.4 Å². The predicted molar refractivity (Wildman–Crippen MR) is 296 cm³/mol. The number of allylic oxidation sites excluding steroid dienone is 5. The summed E-state index contributed by atoms with van der Waals surface area (Å²) in [4.78, 5) is 24.5. The van der Waals surface area contributed by atoms with Gasteiger partial charge >= 0.3 is 5.97 Å². The van der Waals surface area contributed by atoms with Gasteiger partial charge in [-0.3, -0.25) is 9.59 Å². The van der Waals surface area contributed by atoms with E-state index in [4.69, 9.17) is 4.74 Å². The van der Waals surface area contributed by atoms with Gasteiger partial charge in [0.25, 0.3) is 0 Å². The molecule has 0 heterocycles. The smallest absolute Gasteiger partial charge is 0.305 e. The first-order valence-corrected chi connectivity index (χ1v) is 30.3. The number of hydrogen-bond donors (Lipinski definition) is 3. The zero-order valence-electron chi connectivity index (χ0n) is 45.6. The van der Waals surface area contributed by atoms with Gasteiger partial charge in [0.15, 0.2) is 0 Å². The highest BCUT2D eigenvalue weighted by atomic mass is 16.5. The Bertz CT molecular complexity index is 1100. The lowest BCUT2D eigenvalue weighted by Crippen LogP contribution is -2.45. The molecule has 0 aliphatic carbocycles. The molecule has 68 heavy (non-hydrogen) atoms. The monoisotopic (exact) mass is 956 g/mol. The summed E-state index contributed by atoms with van der Waals surface area (Å²) in [7, 11) is 0. The van der Waals surface area contributed by atoms with Gasteiger partial charge in [-0.25, -0.2) is 0 Å². The summed E-state index contributed by atoms with van der Waals surface area (Å²) in [5, 5.41) is 23.1. The molecule has 0 rings (SSSR count). The van der Waals surface area contributed by atoms with E-state index in [0.29, 0.717) is 25.9 Å². The lowest BCUT2D eigenvalue weighted by atomic mass is 10.0. The van der Waals surface area contributed by atoms with E-state index in [9.17, 15) is 19.8 Å². The van der Waals surface area contributed by atoms with Crippen LogP contribution >= 0.6 is 0 Å². The summed E-state index contributed by atoms with van der Waals surface area (Å²) in [6, 6.07) is -0.673. The number of carbonyl (C=O) groups excluding carboxylic acids is 2. The second-order valence-electron chi connectivity index (χ2n) is 20.7. The Labute approximate surface area is 424 Å². The van der Waals surface area contributed by atoms with Crippen LogP contribution in [-0.4, -0.2) is 47.4 Å². The summed E-state index contributed by atoms with van der Waals surface area (Å²) < 4.78 is 5.47. The van der Waals surface area contributed by atoms with Gasteiger partial charge in [0.1, 0.15) is 0 Å². The number of ether oxygens (including phenoxy) is 1. The molecular formula is C62H117NO5. The van der Waals surface area contributed by atoms with Crippen LogP contribution in [-0.2, 0) is 14.3 Å². The van der Waals surface area contributed by atoms with E-state index >= 15 is 0 Å². The van der Waals surface area contributed by atoms with Crippen LogP contribution in [0.1, 0.15) is 322 Å². The molecule has 0 radical (unpaired) electrons. The third kappa shape index (κ3) is 53.4. The van der Waals surface area contributed by atoms with E-state index in [-0.39, 0.29) is 18.5 Å². The van der Waals surface area contributed by atoms with Crippen molar-refractivity contribution in [2.24, 2.45) is 0 Å². The van der Waals surface area contributed by atoms with Crippen molar-refractivity contribution >= 4 is 11.9 Å². The fourth-order valence-electron chi connectivity index (χ4n) is 9.27. The molecule has 6 heteroatoms. The summed E-state index contributed by atoms with van der Waals surface area (Å²) >= 11 is 0. The third-order valence-electron chi connectivity index (χ3n) is 13.9. The van der Waals surface area contributed by atoms with Gasteiger partial charge in [-0.15, -0.1) is 0 Å². The lowest BCUT2D eigenvalue weighted by Gasteiger charge is -2.19. The SMILES string of the molecule is CCCCCCCCCCCCCCCCCCCCC/C=C/C(O)C(CO)NC(=O)CC/C=C\C/C=C\CCCCCCCCOC(=O)CCCCCCCCCCCCCCCCCCC. The normalized spacial score (nSPS) is 12.8. The molecular weight excluding hydrogens is 839 g/mol. The molecule has 3 N–H and O–H groups in total. The van der Waals surface area contributed by atoms with Crippen LogP contribution in [0, 0.1) is 0 Å². The quantitative estimate of drug-likeness (QED) is 0.0321. The third-order valence-corrected chi connectivity index (χ3v) is 13.9. The zero-order chi connectivity index (χ0) is 49.3. The molecule has 0 aliphatic heterocycles. The number of unbranched alkanes of at least 4 members (excludes halogenated alkanes) is 41. The minimum absolute atomic E-state index is 0.0142. The topological polar surface area (TPSA) is 95.9 Å². The van der Waals surface area contributed by atoms with Crippen LogP contribution in [0.4, 0.5) is 0 Å². The molecule has 400 valence electrons. The van der Waals surface area contributed by atoms with E-state index in [1.54, 1.807) is 6.08 Å². The van der Waals surface area contributed by atoms with Crippen molar-refractivity contribution in [2.45, 2.75) is 334 Å². The number of aliphatic hydroxyl groups is 2. The van der Waals surface area contributed by atoms with Crippen molar-refractivity contribution in [3.05, 3.63) is 36.5 Å². The van der Waals surface area contributed by atoms with Gasteiger partial charge < -0.3 is 20.3 Å². The molecule has 2 atom stereocenters. The molecule has 2 unspecified atom stereocenters. The van der Waals surface area contributed by atoms with Crippen LogP contribution in [0.5, 0.6) is 0 Å². The number of amides is 1. The standard InChI is InChI=1S/C62H117NO5/c1-3-5-7-9-11-13-15-17-19-21-22-23-24-26-27-30-34-38-42-46-50-54-60(65)59(58-64)63-61(66)55-51-47-43-39-35-31-29-33-37-41-45-49-53-57-68-62(67)56-52-48-44-40-36-32-28-25-20-18-16-14-12-10-8-6-4-2/h31,35,43,47,50,54,59-60,64-65H,3-30,32-34,36-42,44-46,48-49,51-53,55-58H2,1-2H3,(H,63,66)/b35-31-,47-43-,54-50+. The fourth-order valence-corrected chi connectivity index (χ4v) is 9.27. The van der Waals surface area contributed by atoms with Crippen LogP contribution in [0.3, 0.4) is 0 Å². The van der Waals surface area contributed by atoms with E-state index < -0.39 is 12.1 Å². The van der Waals surface area contributed by atoms with Crippen molar-refractivity contribution in [1.29, 1.82) is 0 Å². The summed E-state index contributed by atoms with van der Waals surface area (Å²) in [5.74, 6) is -0.160. The van der Waals surface area contributed by atoms with Crippen molar-refractivity contribution in [3.63, 3.8) is 0 Å². The molecule has 0 aromatic rings. The largest absolute Gasteiger partial charge is 0.466 e. The van der Waals surface area contributed by atoms with Crippen molar-refractivity contribution in [2.75, 3.05) is 13.2 Å². The van der Waals surface area contributed by atoms with E-state index in [1.165, 1.54) is 238 Å². The molecule has 0 spiro atoms. The molecule has 0 bridgehead atoms. The van der Waals surface area contributed by atoms with Gasteiger partial charge in [0.05, 0.1) is 25.4 Å². The minimum Gasteiger partial charge on any atom is -0.466 e. The molecule has 0 saturated heterocycles. The summed E-state index contributed by atoms with van der Waals surface area (Å²) in [5.41, 5.74) is 0. The van der Waals surface area contributed by atoms with E-state index in [1.807, 2.05) is 12.2 Å². The fraction of sp³-hybridized carbons (Fsp3) is 0.871.